The van der Waals surface area contributed by atoms with Gasteiger partial charge >= 0.3 is 5.97 Å². The summed E-state index contributed by atoms with van der Waals surface area (Å²) in [5.41, 5.74) is 0. The van der Waals surface area contributed by atoms with Crippen molar-refractivity contribution in [2.24, 2.45) is 29.6 Å². The number of hydrogen-bond acceptors (Lipinski definition) is 1. The third-order valence-corrected chi connectivity index (χ3v) is 4.14. The first-order valence-corrected chi connectivity index (χ1v) is 6.14. The highest BCUT2D eigenvalue weighted by molar-refractivity contribution is 5.69. The van der Waals surface area contributed by atoms with Crippen molar-refractivity contribution < 1.29 is 9.90 Å². The molecule has 0 radical (unpaired) electrons. The summed E-state index contributed by atoms with van der Waals surface area (Å²) in [6.07, 6.45) is 3.73. The summed E-state index contributed by atoms with van der Waals surface area (Å²) >= 11 is 0. The average molecular weight is 212 g/mol. The van der Waals surface area contributed by atoms with Crippen LogP contribution in [0.5, 0.6) is 0 Å². The Morgan fingerprint density at radius 3 is 2.00 bits per heavy atom. The van der Waals surface area contributed by atoms with Gasteiger partial charge in [0.25, 0.3) is 0 Å². The molecule has 2 heteroatoms. The molecule has 1 fully saturated rings. The van der Waals surface area contributed by atoms with E-state index in [4.69, 9.17) is 5.11 Å². The van der Waals surface area contributed by atoms with Gasteiger partial charge in [-0.1, -0.05) is 27.7 Å². The standard InChI is InChI=1S/C13H24O2/c1-8-5-9(2)7-12(6-8)10(3)11(4)13(14)15/h8-12H,5-7H2,1-4H3,(H,14,15). The van der Waals surface area contributed by atoms with Gasteiger partial charge in [0.2, 0.25) is 0 Å². The van der Waals surface area contributed by atoms with Gasteiger partial charge < -0.3 is 5.11 Å². The predicted octanol–water partition coefficient (Wildman–Crippen LogP) is 3.42. The van der Waals surface area contributed by atoms with Gasteiger partial charge in [-0.25, -0.2) is 0 Å². The molecule has 0 aromatic rings. The molecule has 0 heterocycles. The van der Waals surface area contributed by atoms with Crippen LogP contribution in [0.25, 0.3) is 0 Å². The van der Waals surface area contributed by atoms with Crippen molar-refractivity contribution in [1.29, 1.82) is 0 Å². The van der Waals surface area contributed by atoms with Crippen LogP contribution in [0.4, 0.5) is 0 Å². The highest BCUT2D eigenvalue weighted by atomic mass is 16.4. The maximum absolute atomic E-state index is 10.9. The van der Waals surface area contributed by atoms with E-state index in [9.17, 15) is 4.79 Å². The summed E-state index contributed by atoms with van der Waals surface area (Å²) in [5, 5.41) is 9.01. The van der Waals surface area contributed by atoms with Crippen molar-refractivity contribution in [2.75, 3.05) is 0 Å². The van der Waals surface area contributed by atoms with Crippen LogP contribution in [-0.2, 0) is 4.79 Å². The smallest absolute Gasteiger partial charge is 0.306 e. The molecule has 0 aliphatic heterocycles. The topological polar surface area (TPSA) is 37.3 Å². The highest BCUT2D eigenvalue weighted by Crippen LogP contribution is 2.39. The molecule has 4 unspecified atom stereocenters. The molecule has 15 heavy (non-hydrogen) atoms. The van der Waals surface area contributed by atoms with Crippen molar-refractivity contribution in [2.45, 2.75) is 47.0 Å². The molecule has 1 saturated carbocycles. The Bertz CT molecular complexity index is 215. The van der Waals surface area contributed by atoms with Crippen molar-refractivity contribution >= 4 is 5.97 Å². The number of carboxylic acids is 1. The molecule has 1 rings (SSSR count). The largest absolute Gasteiger partial charge is 0.481 e. The van der Waals surface area contributed by atoms with Crippen LogP contribution in [0.15, 0.2) is 0 Å². The lowest BCUT2D eigenvalue weighted by atomic mass is 9.69. The Balaban J connectivity index is 2.58. The zero-order chi connectivity index (χ0) is 11.6. The van der Waals surface area contributed by atoms with Crippen molar-refractivity contribution in [3.8, 4) is 0 Å². The molecule has 88 valence electrons. The van der Waals surface area contributed by atoms with E-state index in [0.717, 1.165) is 11.8 Å². The van der Waals surface area contributed by atoms with E-state index in [1.807, 2.05) is 6.92 Å². The van der Waals surface area contributed by atoms with Gasteiger partial charge in [-0.3, -0.25) is 4.79 Å². The Kier molecular flexibility index (Phi) is 4.18. The lowest BCUT2D eigenvalue weighted by Crippen LogP contribution is -2.30. The van der Waals surface area contributed by atoms with Gasteiger partial charge in [0.15, 0.2) is 0 Å². The second-order valence-corrected chi connectivity index (χ2v) is 5.66. The summed E-state index contributed by atoms with van der Waals surface area (Å²) in [6.45, 7) is 8.53. The first kappa shape index (κ1) is 12.5. The molecule has 2 nitrogen and oxygen atoms in total. The Morgan fingerprint density at radius 1 is 1.13 bits per heavy atom. The number of aliphatic carboxylic acids is 1. The minimum absolute atomic E-state index is 0.201. The van der Waals surface area contributed by atoms with Gasteiger partial charge in [-0.2, -0.15) is 0 Å². The maximum atomic E-state index is 10.9. The molecule has 0 aromatic carbocycles. The SMILES string of the molecule is CC1CC(C)CC(C(C)C(C)C(=O)O)C1. The average Bonchev–Trinajstić information content (AvgIpc) is 2.13. The van der Waals surface area contributed by atoms with Crippen molar-refractivity contribution in [3.05, 3.63) is 0 Å². The quantitative estimate of drug-likeness (QED) is 0.778. The predicted molar refractivity (Wildman–Crippen MR) is 61.6 cm³/mol. The third kappa shape index (κ3) is 3.22. The van der Waals surface area contributed by atoms with E-state index < -0.39 is 5.97 Å². The summed E-state index contributed by atoms with van der Waals surface area (Å²) in [4.78, 5) is 10.9. The van der Waals surface area contributed by atoms with Crippen LogP contribution in [0.3, 0.4) is 0 Å². The van der Waals surface area contributed by atoms with Crippen molar-refractivity contribution in [3.63, 3.8) is 0 Å². The first-order valence-electron chi connectivity index (χ1n) is 6.14. The van der Waals surface area contributed by atoms with Crippen LogP contribution in [0, 0.1) is 29.6 Å². The van der Waals surface area contributed by atoms with Gasteiger partial charge in [0.1, 0.15) is 0 Å². The minimum atomic E-state index is -0.645. The molecule has 4 atom stereocenters. The number of hydrogen-bond donors (Lipinski definition) is 1. The maximum Gasteiger partial charge on any atom is 0.306 e. The van der Waals surface area contributed by atoms with Gasteiger partial charge in [-0.05, 0) is 42.9 Å². The van der Waals surface area contributed by atoms with Crippen LogP contribution in [-0.4, -0.2) is 11.1 Å². The van der Waals surface area contributed by atoms with Gasteiger partial charge in [0, 0.05) is 0 Å². The zero-order valence-electron chi connectivity index (χ0n) is 10.4. The second-order valence-electron chi connectivity index (χ2n) is 5.66. The molecule has 0 spiro atoms. The van der Waals surface area contributed by atoms with Crippen molar-refractivity contribution in [1.82, 2.24) is 0 Å². The third-order valence-electron chi connectivity index (χ3n) is 4.14. The van der Waals surface area contributed by atoms with E-state index in [1.165, 1.54) is 19.3 Å². The molecule has 0 saturated heterocycles. The van der Waals surface area contributed by atoms with E-state index >= 15 is 0 Å². The molecule has 1 aliphatic carbocycles. The second kappa shape index (κ2) is 5.00. The van der Waals surface area contributed by atoms with Gasteiger partial charge in [-0.15, -0.1) is 0 Å². The molecule has 1 N–H and O–H groups in total. The van der Waals surface area contributed by atoms with E-state index in [2.05, 4.69) is 20.8 Å². The lowest BCUT2D eigenvalue weighted by Gasteiger charge is -2.36. The number of carbonyl (C=O) groups is 1. The Morgan fingerprint density at radius 2 is 1.60 bits per heavy atom. The minimum Gasteiger partial charge on any atom is -0.481 e. The first-order chi connectivity index (χ1) is 6.91. The summed E-state index contributed by atoms with van der Waals surface area (Å²) in [5.74, 6) is 1.60. The summed E-state index contributed by atoms with van der Waals surface area (Å²) in [6, 6.07) is 0. The fourth-order valence-electron chi connectivity index (χ4n) is 3.07. The lowest BCUT2D eigenvalue weighted by molar-refractivity contribution is -0.143. The van der Waals surface area contributed by atoms with E-state index in [0.29, 0.717) is 11.8 Å². The van der Waals surface area contributed by atoms with Crippen LogP contribution in [0.2, 0.25) is 0 Å². The normalized spacial score (nSPS) is 35.9. The number of carboxylic acid groups (broad SMARTS) is 1. The van der Waals surface area contributed by atoms with Crippen LogP contribution >= 0.6 is 0 Å². The molecule has 0 bridgehead atoms. The Hall–Kier alpha value is -0.530. The van der Waals surface area contributed by atoms with Gasteiger partial charge in [0.05, 0.1) is 5.92 Å². The van der Waals surface area contributed by atoms with E-state index in [1.54, 1.807) is 0 Å². The monoisotopic (exact) mass is 212 g/mol. The molecule has 0 aromatic heterocycles. The summed E-state index contributed by atoms with van der Waals surface area (Å²) < 4.78 is 0. The van der Waals surface area contributed by atoms with Crippen LogP contribution < -0.4 is 0 Å². The molecule has 1 aliphatic rings. The molecular weight excluding hydrogens is 188 g/mol. The van der Waals surface area contributed by atoms with Crippen LogP contribution in [0.1, 0.15) is 47.0 Å². The number of rotatable bonds is 3. The summed E-state index contributed by atoms with van der Waals surface area (Å²) in [7, 11) is 0. The fourth-order valence-corrected chi connectivity index (χ4v) is 3.07. The molecular formula is C13H24O2. The van der Waals surface area contributed by atoms with E-state index in [-0.39, 0.29) is 5.92 Å². The highest BCUT2D eigenvalue weighted by Gasteiger charge is 2.32. The molecule has 0 amide bonds. The fraction of sp³-hybridized carbons (Fsp3) is 0.923. The zero-order valence-corrected chi connectivity index (χ0v) is 10.4. The Labute approximate surface area is 93.1 Å².